The molecule has 98 valence electrons. The molecule has 0 amide bonds. The fraction of sp³-hybridized carbons (Fsp3) is 0.429. The van der Waals surface area contributed by atoms with Crippen molar-refractivity contribution in [2.75, 3.05) is 0 Å². The molecule has 2 aromatic rings. The van der Waals surface area contributed by atoms with Gasteiger partial charge in [0.05, 0.1) is 0 Å². The Hall–Kier alpha value is -1.84. The maximum absolute atomic E-state index is 11.0. The van der Waals surface area contributed by atoms with E-state index in [0.29, 0.717) is 5.75 Å². The maximum Gasteiger partial charge on any atom is 0.308 e. The summed E-state index contributed by atoms with van der Waals surface area (Å²) in [5.41, 5.74) is 2.85. The molecule has 1 aromatic heterocycles. The lowest BCUT2D eigenvalue weighted by Gasteiger charge is -2.03. The summed E-state index contributed by atoms with van der Waals surface area (Å²) in [4.78, 5) is 11.0. The summed E-state index contributed by atoms with van der Waals surface area (Å²) in [6, 6.07) is 3.88. The van der Waals surface area contributed by atoms with Crippen LogP contribution >= 0.6 is 0 Å². The van der Waals surface area contributed by atoms with Crippen LogP contribution in [0.15, 0.2) is 12.1 Å². The molecule has 1 heterocycles. The standard InChI is InChI=1S/C12H14N2O2.C2H6/c1-7-5-10-8(2)14(4)13-12(10)11(6-7)16-9(3)15;1-2/h5-6H,1-4H3;1-2H3. The van der Waals surface area contributed by atoms with Gasteiger partial charge in [0.1, 0.15) is 5.52 Å². The summed E-state index contributed by atoms with van der Waals surface area (Å²) >= 11 is 0. The highest BCUT2D eigenvalue weighted by molar-refractivity contribution is 5.89. The van der Waals surface area contributed by atoms with Crippen molar-refractivity contribution in [3.8, 4) is 5.75 Å². The number of carbonyl (C=O) groups excluding carboxylic acids is 1. The molecule has 0 saturated carbocycles. The number of nitrogens with zero attached hydrogens (tertiary/aromatic N) is 2. The van der Waals surface area contributed by atoms with E-state index in [0.717, 1.165) is 22.2 Å². The molecule has 1 aromatic carbocycles. The van der Waals surface area contributed by atoms with E-state index in [2.05, 4.69) is 5.10 Å². The van der Waals surface area contributed by atoms with Crippen LogP contribution in [0.1, 0.15) is 32.0 Å². The van der Waals surface area contributed by atoms with E-state index in [1.54, 1.807) is 4.68 Å². The molecule has 0 atom stereocenters. The fourth-order valence-corrected chi connectivity index (χ4v) is 1.76. The summed E-state index contributed by atoms with van der Waals surface area (Å²) in [6.07, 6.45) is 0. The molecule has 0 spiro atoms. The zero-order chi connectivity index (χ0) is 13.9. The normalized spacial score (nSPS) is 9.89. The molecular weight excluding hydrogens is 228 g/mol. The summed E-state index contributed by atoms with van der Waals surface area (Å²) < 4.78 is 6.95. The van der Waals surface area contributed by atoms with E-state index in [-0.39, 0.29) is 5.97 Å². The topological polar surface area (TPSA) is 44.1 Å². The zero-order valence-electron chi connectivity index (χ0n) is 11.9. The Morgan fingerprint density at radius 2 is 1.89 bits per heavy atom. The Kier molecular flexibility index (Phi) is 4.48. The predicted molar refractivity (Wildman–Crippen MR) is 72.8 cm³/mol. The number of carbonyl (C=O) groups is 1. The van der Waals surface area contributed by atoms with Gasteiger partial charge in [0.2, 0.25) is 0 Å². The third-order valence-corrected chi connectivity index (χ3v) is 2.60. The molecule has 0 radical (unpaired) electrons. The van der Waals surface area contributed by atoms with Crippen molar-refractivity contribution in [2.45, 2.75) is 34.6 Å². The summed E-state index contributed by atoms with van der Waals surface area (Å²) in [6.45, 7) is 9.36. The number of hydrogen-bond acceptors (Lipinski definition) is 3. The highest BCUT2D eigenvalue weighted by Crippen LogP contribution is 2.28. The molecule has 0 fully saturated rings. The van der Waals surface area contributed by atoms with Crippen molar-refractivity contribution in [2.24, 2.45) is 7.05 Å². The average molecular weight is 248 g/mol. The first-order valence-electron chi connectivity index (χ1n) is 6.11. The number of ether oxygens (including phenoxy) is 1. The first-order chi connectivity index (χ1) is 8.49. The summed E-state index contributed by atoms with van der Waals surface area (Å²) in [5.74, 6) is 0.210. The molecule has 0 saturated heterocycles. The Morgan fingerprint density at radius 1 is 1.28 bits per heavy atom. The second-order valence-electron chi connectivity index (χ2n) is 3.96. The van der Waals surface area contributed by atoms with Crippen molar-refractivity contribution < 1.29 is 9.53 Å². The molecule has 4 nitrogen and oxygen atoms in total. The number of hydrogen-bond donors (Lipinski definition) is 0. The van der Waals surface area contributed by atoms with E-state index >= 15 is 0 Å². The highest BCUT2D eigenvalue weighted by Gasteiger charge is 2.12. The Balaban J connectivity index is 0.000000771. The van der Waals surface area contributed by atoms with Gasteiger partial charge in [-0.1, -0.05) is 13.8 Å². The molecule has 18 heavy (non-hydrogen) atoms. The average Bonchev–Trinajstić information content (AvgIpc) is 2.59. The van der Waals surface area contributed by atoms with Gasteiger partial charge >= 0.3 is 5.97 Å². The molecule has 0 aliphatic heterocycles. The quantitative estimate of drug-likeness (QED) is 0.575. The predicted octanol–water partition coefficient (Wildman–Crippen LogP) is 3.14. The number of fused-ring (bicyclic) bond motifs is 1. The van der Waals surface area contributed by atoms with E-state index in [4.69, 9.17) is 4.74 Å². The zero-order valence-corrected chi connectivity index (χ0v) is 11.9. The number of esters is 1. The van der Waals surface area contributed by atoms with Crippen LogP contribution in [0.5, 0.6) is 5.75 Å². The number of aromatic nitrogens is 2. The van der Waals surface area contributed by atoms with Gasteiger partial charge < -0.3 is 4.74 Å². The van der Waals surface area contributed by atoms with E-state index in [1.165, 1.54) is 6.92 Å². The largest absolute Gasteiger partial charge is 0.424 e. The molecule has 0 bridgehead atoms. The van der Waals surface area contributed by atoms with Crippen LogP contribution in [0.3, 0.4) is 0 Å². The van der Waals surface area contributed by atoms with Gasteiger partial charge in [-0.3, -0.25) is 9.48 Å². The van der Waals surface area contributed by atoms with Crippen LogP contribution in [0.2, 0.25) is 0 Å². The minimum absolute atomic E-state index is 0.324. The second-order valence-corrected chi connectivity index (χ2v) is 3.96. The van der Waals surface area contributed by atoms with Crippen LogP contribution in [0, 0.1) is 13.8 Å². The minimum atomic E-state index is -0.324. The SMILES string of the molecule is CC.CC(=O)Oc1cc(C)cc2c(C)n(C)nc12. The van der Waals surface area contributed by atoms with Gasteiger partial charge in [-0.2, -0.15) is 5.10 Å². The summed E-state index contributed by atoms with van der Waals surface area (Å²) in [5, 5.41) is 5.37. The van der Waals surface area contributed by atoms with Crippen molar-refractivity contribution in [1.29, 1.82) is 0 Å². The lowest BCUT2D eigenvalue weighted by molar-refractivity contribution is -0.131. The number of rotatable bonds is 1. The van der Waals surface area contributed by atoms with Gasteiger partial charge in [0, 0.05) is 25.1 Å². The van der Waals surface area contributed by atoms with Crippen molar-refractivity contribution in [3.63, 3.8) is 0 Å². The third-order valence-electron chi connectivity index (χ3n) is 2.60. The number of benzene rings is 1. The lowest BCUT2D eigenvalue weighted by Crippen LogP contribution is -2.02. The Bertz CT molecular complexity index is 571. The first kappa shape index (κ1) is 14.2. The van der Waals surface area contributed by atoms with Gasteiger partial charge in [-0.25, -0.2) is 0 Å². The van der Waals surface area contributed by atoms with Crippen molar-refractivity contribution >= 4 is 16.9 Å². The minimum Gasteiger partial charge on any atom is -0.424 e. The fourth-order valence-electron chi connectivity index (χ4n) is 1.76. The van der Waals surface area contributed by atoms with Crippen molar-refractivity contribution in [1.82, 2.24) is 9.78 Å². The van der Waals surface area contributed by atoms with Crippen LogP contribution in [0.25, 0.3) is 10.9 Å². The van der Waals surface area contributed by atoms with E-state index in [9.17, 15) is 4.79 Å². The number of aryl methyl sites for hydroxylation is 3. The van der Waals surface area contributed by atoms with Gasteiger partial charge in [-0.05, 0) is 31.5 Å². The monoisotopic (exact) mass is 248 g/mol. The first-order valence-corrected chi connectivity index (χ1v) is 6.11. The Morgan fingerprint density at radius 3 is 2.44 bits per heavy atom. The maximum atomic E-state index is 11.0. The van der Waals surface area contributed by atoms with Gasteiger partial charge in [0.15, 0.2) is 5.75 Å². The molecule has 0 aliphatic carbocycles. The van der Waals surface area contributed by atoms with Gasteiger partial charge in [-0.15, -0.1) is 0 Å². The van der Waals surface area contributed by atoms with E-state index < -0.39 is 0 Å². The summed E-state index contributed by atoms with van der Waals surface area (Å²) in [7, 11) is 1.88. The molecule has 2 rings (SSSR count). The third kappa shape index (κ3) is 2.70. The van der Waals surface area contributed by atoms with Crippen LogP contribution in [0.4, 0.5) is 0 Å². The smallest absolute Gasteiger partial charge is 0.308 e. The van der Waals surface area contributed by atoms with Crippen LogP contribution in [-0.4, -0.2) is 15.7 Å². The highest BCUT2D eigenvalue weighted by atomic mass is 16.5. The Labute approximate surface area is 108 Å². The second kappa shape index (κ2) is 5.67. The van der Waals surface area contributed by atoms with Crippen molar-refractivity contribution in [3.05, 3.63) is 23.4 Å². The molecular formula is C14H20N2O2. The van der Waals surface area contributed by atoms with E-state index in [1.807, 2.05) is 46.9 Å². The van der Waals surface area contributed by atoms with Crippen LogP contribution < -0.4 is 4.74 Å². The lowest BCUT2D eigenvalue weighted by atomic mass is 10.1. The molecule has 0 unspecified atom stereocenters. The molecule has 0 N–H and O–H groups in total. The van der Waals surface area contributed by atoms with Crippen LogP contribution in [-0.2, 0) is 11.8 Å². The molecule has 4 heteroatoms. The van der Waals surface area contributed by atoms with Gasteiger partial charge in [0.25, 0.3) is 0 Å². The molecule has 0 aliphatic rings.